The maximum Gasteiger partial charge on any atom is 0.322 e. The van der Waals surface area contributed by atoms with Gasteiger partial charge in [0.15, 0.2) is 5.69 Å². The fraction of sp³-hybridized carbons (Fsp3) is 0. The second-order valence-corrected chi connectivity index (χ2v) is 4.28. The van der Waals surface area contributed by atoms with E-state index < -0.39 is 4.92 Å². The lowest BCUT2D eigenvalue weighted by atomic mass is 10.1. The zero-order chi connectivity index (χ0) is 13.9. The quantitative estimate of drug-likeness (QED) is 0.580. The number of H-pyrrole nitrogens is 1. The average Bonchev–Trinajstić information content (AvgIpc) is 2.94. The zero-order valence-corrected chi connectivity index (χ0v) is 10.5. The van der Waals surface area contributed by atoms with Gasteiger partial charge in [0.25, 0.3) is 0 Å². The highest BCUT2D eigenvalue weighted by Gasteiger charge is 2.25. The van der Waals surface area contributed by atoms with Crippen molar-refractivity contribution < 1.29 is 4.92 Å². The predicted octanol–water partition coefficient (Wildman–Crippen LogP) is 3.65. The lowest BCUT2D eigenvalue weighted by Gasteiger charge is -1.98. The Hall–Kier alpha value is -2.95. The lowest BCUT2D eigenvalue weighted by molar-refractivity contribution is -0.383. The second kappa shape index (κ2) is 4.97. The van der Waals surface area contributed by atoms with Crippen LogP contribution in [0.15, 0.2) is 60.7 Å². The molecule has 0 atom stereocenters. The maximum atomic E-state index is 11.4. The molecule has 20 heavy (non-hydrogen) atoms. The van der Waals surface area contributed by atoms with Gasteiger partial charge in [0.1, 0.15) is 5.69 Å². The molecule has 0 aliphatic heterocycles. The van der Waals surface area contributed by atoms with E-state index in [1.165, 1.54) is 0 Å². The topological polar surface area (TPSA) is 71.8 Å². The van der Waals surface area contributed by atoms with Gasteiger partial charge in [0.05, 0.1) is 4.92 Å². The Bertz CT molecular complexity index is 679. The minimum atomic E-state index is -0.395. The summed E-state index contributed by atoms with van der Waals surface area (Å²) in [6.45, 7) is 0. The Morgan fingerprint density at radius 1 is 0.900 bits per heavy atom. The Kier molecular flexibility index (Phi) is 3.01. The number of benzene rings is 2. The minimum absolute atomic E-state index is 0.00222. The summed E-state index contributed by atoms with van der Waals surface area (Å²) in [5.74, 6) is 0. The lowest BCUT2D eigenvalue weighted by Crippen LogP contribution is -1.91. The number of aromatic amines is 1. The predicted molar refractivity (Wildman–Crippen MR) is 76.1 cm³/mol. The highest BCUT2D eigenvalue weighted by molar-refractivity contribution is 5.81. The third-order valence-corrected chi connectivity index (χ3v) is 3.03. The summed E-state index contributed by atoms with van der Waals surface area (Å²) in [5.41, 5.74) is 2.25. The van der Waals surface area contributed by atoms with Crippen molar-refractivity contribution in [2.75, 3.05) is 0 Å². The van der Waals surface area contributed by atoms with Crippen LogP contribution in [0.1, 0.15) is 0 Å². The average molecular weight is 265 g/mol. The first kappa shape index (κ1) is 12.1. The van der Waals surface area contributed by atoms with Gasteiger partial charge in [-0.25, -0.2) is 0 Å². The van der Waals surface area contributed by atoms with E-state index >= 15 is 0 Å². The fourth-order valence-corrected chi connectivity index (χ4v) is 2.12. The Morgan fingerprint density at radius 3 is 2.00 bits per heavy atom. The molecule has 0 fully saturated rings. The highest BCUT2D eigenvalue weighted by Crippen LogP contribution is 2.36. The molecular formula is C15H11N3O2. The third kappa shape index (κ3) is 2.05. The van der Waals surface area contributed by atoms with Gasteiger partial charge in [-0.2, -0.15) is 5.10 Å². The third-order valence-electron chi connectivity index (χ3n) is 3.03. The maximum absolute atomic E-state index is 11.4. The molecule has 5 nitrogen and oxygen atoms in total. The molecule has 3 rings (SSSR count). The first-order valence-electron chi connectivity index (χ1n) is 6.11. The molecule has 0 saturated heterocycles. The molecule has 0 amide bonds. The molecule has 0 bridgehead atoms. The van der Waals surface area contributed by atoms with Crippen LogP contribution < -0.4 is 0 Å². The summed E-state index contributed by atoms with van der Waals surface area (Å²) in [4.78, 5) is 11.0. The van der Waals surface area contributed by atoms with Crippen molar-refractivity contribution in [3.63, 3.8) is 0 Å². The van der Waals surface area contributed by atoms with E-state index in [-0.39, 0.29) is 5.69 Å². The first-order chi connectivity index (χ1) is 9.77. The minimum Gasteiger partial charge on any atom is -0.270 e. The van der Waals surface area contributed by atoms with Crippen molar-refractivity contribution in [1.29, 1.82) is 0 Å². The normalized spacial score (nSPS) is 10.4. The molecule has 5 heteroatoms. The number of nitrogens with one attached hydrogen (secondary N) is 1. The van der Waals surface area contributed by atoms with Crippen molar-refractivity contribution in [2.24, 2.45) is 0 Å². The fourth-order valence-electron chi connectivity index (χ4n) is 2.12. The van der Waals surface area contributed by atoms with Gasteiger partial charge in [0, 0.05) is 11.1 Å². The number of rotatable bonds is 3. The molecule has 1 N–H and O–H groups in total. The number of hydrogen-bond donors (Lipinski definition) is 1. The number of nitro groups is 1. The van der Waals surface area contributed by atoms with Crippen LogP contribution in [0.3, 0.4) is 0 Å². The van der Waals surface area contributed by atoms with Crippen LogP contribution in [-0.2, 0) is 0 Å². The first-order valence-corrected chi connectivity index (χ1v) is 6.11. The number of nitrogens with zero attached hydrogens (tertiary/aromatic N) is 2. The van der Waals surface area contributed by atoms with E-state index in [9.17, 15) is 10.1 Å². The summed E-state index contributed by atoms with van der Waals surface area (Å²) in [5, 5.41) is 18.3. The smallest absolute Gasteiger partial charge is 0.270 e. The molecule has 1 aromatic heterocycles. The van der Waals surface area contributed by atoms with Gasteiger partial charge in [-0.05, 0) is 0 Å². The monoisotopic (exact) mass is 265 g/mol. The SMILES string of the molecule is O=[N+]([O-])c1c(-c2ccccc2)n[nH]c1-c1ccccc1. The van der Waals surface area contributed by atoms with Crippen LogP contribution in [0.4, 0.5) is 5.69 Å². The molecule has 0 aliphatic carbocycles. The van der Waals surface area contributed by atoms with E-state index in [2.05, 4.69) is 10.2 Å². The number of hydrogen-bond acceptors (Lipinski definition) is 3. The van der Waals surface area contributed by atoms with Crippen molar-refractivity contribution in [3.8, 4) is 22.5 Å². The van der Waals surface area contributed by atoms with Crippen molar-refractivity contribution in [2.45, 2.75) is 0 Å². The Balaban J connectivity index is 2.20. The van der Waals surface area contributed by atoms with Gasteiger partial charge in [-0.3, -0.25) is 15.2 Å². The molecule has 0 radical (unpaired) electrons. The summed E-state index contributed by atoms with van der Waals surface area (Å²) >= 11 is 0. The Labute approximate surface area is 115 Å². The highest BCUT2D eigenvalue weighted by atomic mass is 16.6. The van der Waals surface area contributed by atoms with Crippen molar-refractivity contribution >= 4 is 5.69 Å². The van der Waals surface area contributed by atoms with Gasteiger partial charge in [0.2, 0.25) is 0 Å². The largest absolute Gasteiger partial charge is 0.322 e. The van der Waals surface area contributed by atoms with Crippen LogP contribution in [0.2, 0.25) is 0 Å². The molecule has 98 valence electrons. The van der Waals surface area contributed by atoms with Crippen LogP contribution in [0, 0.1) is 10.1 Å². The van der Waals surface area contributed by atoms with Crippen LogP contribution in [0.25, 0.3) is 22.5 Å². The van der Waals surface area contributed by atoms with E-state index in [1.54, 1.807) is 12.1 Å². The standard InChI is InChI=1S/C15H11N3O2/c19-18(20)15-13(11-7-3-1-4-8-11)16-17-14(15)12-9-5-2-6-10-12/h1-10H,(H,16,17). The van der Waals surface area contributed by atoms with Crippen LogP contribution >= 0.6 is 0 Å². The van der Waals surface area contributed by atoms with E-state index in [0.717, 1.165) is 11.1 Å². The summed E-state index contributed by atoms with van der Waals surface area (Å²) in [7, 11) is 0. The molecule has 0 unspecified atom stereocenters. The van der Waals surface area contributed by atoms with Crippen molar-refractivity contribution in [3.05, 3.63) is 70.8 Å². The Morgan fingerprint density at radius 2 is 1.45 bits per heavy atom. The van der Waals surface area contributed by atoms with Crippen LogP contribution in [-0.4, -0.2) is 15.1 Å². The summed E-state index contributed by atoms with van der Waals surface area (Å²) < 4.78 is 0. The molecule has 0 spiro atoms. The summed E-state index contributed by atoms with van der Waals surface area (Å²) in [6.07, 6.45) is 0. The second-order valence-electron chi connectivity index (χ2n) is 4.28. The van der Waals surface area contributed by atoms with Gasteiger partial charge in [-0.1, -0.05) is 60.7 Å². The van der Waals surface area contributed by atoms with Gasteiger partial charge >= 0.3 is 5.69 Å². The molecule has 3 aromatic rings. The van der Waals surface area contributed by atoms with E-state index in [0.29, 0.717) is 11.4 Å². The van der Waals surface area contributed by atoms with E-state index in [1.807, 2.05) is 48.5 Å². The molecule has 0 saturated carbocycles. The van der Waals surface area contributed by atoms with Crippen LogP contribution in [0.5, 0.6) is 0 Å². The van der Waals surface area contributed by atoms with Crippen molar-refractivity contribution in [1.82, 2.24) is 10.2 Å². The van der Waals surface area contributed by atoms with E-state index in [4.69, 9.17) is 0 Å². The van der Waals surface area contributed by atoms with Gasteiger partial charge in [-0.15, -0.1) is 0 Å². The zero-order valence-electron chi connectivity index (χ0n) is 10.5. The molecule has 1 heterocycles. The van der Waals surface area contributed by atoms with Gasteiger partial charge < -0.3 is 0 Å². The molecular weight excluding hydrogens is 254 g/mol. The molecule has 0 aliphatic rings. The molecule has 2 aromatic carbocycles. The summed E-state index contributed by atoms with van der Waals surface area (Å²) in [6, 6.07) is 18.3. The number of aromatic nitrogens is 2.